The van der Waals surface area contributed by atoms with Gasteiger partial charge in [-0.25, -0.2) is 0 Å². The monoisotopic (exact) mass is 442 g/mol. The minimum Gasteiger partial charge on any atom is -0.131 e. The van der Waals surface area contributed by atoms with Gasteiger partial charge in [0.15, 0.2) is 0 Å². The van der Waals surface area contributed by atoms with Crippen LogP contribution >= 0.6 is 33.2 Å². The first-order valence-electron chi connectivity index (χ1n) is 9.93. The standard InChI is InChI=1S/C20H43P.HI/c1-5-9-13-14-16-19(15-10-6-2)20(21,17-11-7-3)18-12-8-4;/h19H,5-18,21H2,1-4H3;1H. The summed E-state index contributed by atoms with van der Waals surface area (Å²) in [5.41, 5.74) is 0. The van der Waals surface area contributed by atoms with Gasteiger partial charge in [0.1, 0.15) is 0 Å². The highest BCUT2D eigenvalue weighted by Gasteiger charge is 2.32. The van der Waals surface area contributed by atoms with Crippen LogP contribution in [0.3, 0.4) is 0 Å². The van der Waals surface area contributed by atoms with Crippen LogP contribution in [0.5, 0.6) is 0 Å². The predicted octanol–water partition coefficient (Wildman–Crippen LogP) is 8.38. The normalized spacial score (nSPS) is 13.0. The Balaban J connectivity index is 0. The number of hydrogen-bond donors (Lipinski definition) is 0. The Morgan fingerprint density at radius 3 is 1.55 bits per heavy atom. The molecule has 0 radical (unpaired) electrons. The third kappa shape index (κ3) is 11.7. The van der Waals surface area contributed by atoms with Crippen molar-refractivity contribution in [3.05, 3.63) is 0 Å². The first-order valence-corrected chi connectivity index (χ1v) is 10.5. The van der Waals surface area contributed by atoms with Gasteiger partial charge >= 0.3 is 0 Å². The second-order valence-electron chi connectivity index (χ2n) is 7.13. The maximum atomic E-state index is 3.35. The third-order valence-electron chi connectivity index (χ3n) is 5.12. The smallest absolute Gasteiger partial charge is 0.0122 e. The molecular formula is C20H44IP. The molecule has 0 nitrogen and oxygen atoms in total. The van der Waals surface area contributed by atoms with Crippen molar-refractivity contribution < 1.29 is 0 Å². The van der Waals surface area contributed by atoms with Crippen LogP contribution in [0.1, 0.15) is 118 Å². The van der Waals surface area contributed by atoms with Crippen LogP contribution in [0.25, 0.3) is 0 Å². The van der Waals surface area contributed by atoms with Gasteiger partial charge in [0.25, 0.3) is 0 Å². The Kier molecular flexibility index (Phi) is 19.6. The van der Waals surface area contributed by atoms with Crippen LogP contribution in [0, 0.1) is 5.92 Å². The summed E-state index contributed by atoms with van der Waals surface area (Å²) >= 11 is 0. The molecule has 0 saturated carbocycles. The lowest BCUT2D eigenvalue weighted by Crippen LogP contribution is -2.32. The summed E-state index contributed by atoms with van der Waals surface area (Å²) in [5.74, 6) is 0.942. The number of rotatable bonds is 15. The van der Waals surface area contributed by atoms with Crippen molar-refractivity contribution in [2.24, 2.45) is 5.92 Å². The Morgan fingerprint density at radius 2 is 1.09 bits per heavy atom. The van der Waals surface area contributed by atoms with Crippen LogP contribution in [0.4, 0.5) is 0 Å². The van der Waals surface area contributed by atoms with Crippen molar-refractivity contribution in [1.29, 1.82) is 0 Å². The molecule has 0 aliphatic rings. The molecule has 0 spiro atoms. The summed E-state index contributed by atoms with van der Waals surface area (Å²) in [4.78, 5) is 0. The summed E-state index contributed by atoms with van der Waals surface area (Å²) in [7, 11) is 3.35. The Labute approximate surface area is 161 Å². The molecular weight excluding hydrogens is 398 g/mol. The van der Waals surface area contributed by atoms with E-state index in [-0.39, 0.29) is 24.0 Å². The molecule has 0 aromatic rings. The van der Waals surface area contributed by atoms with Crippen molar-refractivity contribution in [2.75, 3.05) is 0 Å². The van der Waals surface area contributed by atoms with Gasteiger partial charge in [0.05, 0.1) is 0 Å². The summed E-state index contributed by atoms with van der Waals surface area (Å²) in [5, 5.41) is 0.535. The SMILES string of the molecule is CCCCCCC(CCCC)C(P)(CCCC)CCCC.I. The lowest BCUT2D eigenvalue weighted by atomic mass is 9.77. The van der Waals surface area contributed by atoms with Gasteiger partial charge in [-0.3, -0.25) is 0 Å². The second kappa shape index (κ2) is 17.0. The van der Waals surface area contributed by atoms with Crippen LogP contribution in [-0.2, 0) is 0 Å². The molecule has 0 aliphatic heterocycles. The molecule has 22 heavy (non-hydrogen) atoms. The van der Waals surface area contributed by atoms with Crippen LogP contribution in [-0.4, -0.2) is 5.16 Å². The highest BCUT2D eigenvalue weighted by atomic mass is 127. The van der Waals surface area contributed by atoms with Gasteiger partial charge < -0.3 is 0 Å². The highest BCUT2D eigenvalue weighted by molar-refractivity contribution is 14.0. The molecule has 0 aromatic heterocycles. The van der Waals surface area contributed by atoms with Gasteiger partial charge in [0, 0.05) is 0 Å². The average molecular weight is 442 g/mol. The molecule has 0 heterocycles. The number of halogens is 1. The molecule has 0 N–H and O–H groups in total. The zero-order valence-corrected chi connectivity index (χ0v) is 19.4. The fourth-order valence-electron chi connectivity index (χ4n) is 3.53. The van der Waals surface area contributed by atoms with E-state index < -0.39 is 0 Å². The lowest BCUT2D eigenvalue weighted by molar-refractivity contribution is 0.275. The first-order chi connectivity index (χ1) is 10.1. The van der Waals surface area contributed by atoms with Crippen LogP contribution < -0.4 is 0 Å². The van der Waals surface area contributed by atoms with Crippen molar-refractivity contribution in [3.8, 4) is 0 Å². The Morgan fingerprint density at radius 1 is 0.636 bits per heavy atom. The lowest BCUT2D eigenvalue weighted by Gasteiger charge is -2.39. The fourth-order valence-corrected chi connectivity index (χ4v) is 4.27. The summed E-state index contributed by atoms with van der Waals surface area (Å²) in [6.45, 7) is 9.34. The molecule has 2 heteroatoms. The van der Waals surface area contributed by atoms with Crippen LogP contribution in [0.2, 0.25) is 0 Å². The molecule has 2 unspecified atom stereocenters. The molecule has 0 saturated heterocycles. The maximum absolute atomic E-state index is 3.35. The molecule has 0 rings (SSSR count). The largest absolute Gasteiger partial charge is 0.131 e. The summed E-state index contributed by atoms with van der Waals surface area (Å²) in [6, 6.07) is 0. The highest BCUT2D eigenvalue weighted by Crippen LogP contribution is 2.43. The van der Waals surface area contributed by atoms with Crippen molar-refractivity contribution in [1.82, 2.24) is 0 Å². The predicted molar refractivity (Wildman–Crippen MR) is 119 cm³/mol. The van der Waals surface area contributed by atoms with E-state index in [1.807, 2.05) is 0 Å². The van der Waals surface area contributed by atoms with Gasteiger partial charge in [0.2, 0.25) is 0 Å². The van der Waals surface area contributed by atoms with E-state index >= 15 is 0 Å². The van der Waals surface area contributed by atoms with Crippen molar-refractivity contribution >= 4 is 33.2 Å². The average Bonchev–Trinajstić information content (AvgIpc) is 2.50. The quantitative estimate of drug-likeness (QED) is 0.136. The number of unbranched alkanes of at least 4 members (excludes halogenated alkanes) is 6. The molecule has 0 aromatic carbocycles. The molecule has 136 valence electrons. The molecule has 0 amide bonds. The number of hydrogen-bond acceptors (Lipinski definition) is 0. The van der Waals surface area contributed by atoms with E-state index in [0.717, 1.165) is 5.92 Å². The summed E-state index contributed by atoms with van der Waals surface area (Å²) < 4.78 is 0. The van der Waals surface area contributed by atoms with E-state index in [1.54, 1.807) is 0 Å². The molecule has 2 atom stereocenters. The van der Waals surface area contributed by atoms with Crippen molar-refractivity contribution in [3.63, 3.8) is 0 Å². The molecule has 0 fully saturated rings. The van der Waals surface area contributed by atoms with E-state index in [4.69, 9.17) is 0 Å². The van der Waals surface area contributed by atoms with Gasteiger partial charge in [-0.05, 0) is 36.8 Å². The minimum atomic E-state index is 0. The first kappa shape index (κ1) is 25.4. The Bertz CT molecular complexity index is 210. The van der Waals surface area contributed by atoms with Gasteiger partial charge in [-0.1, -0.05) is 91.9 Å². The van der Waals surface area contributed by atoms with Gasteiger partial charge in [-0.2, -0.15) is 0 Å². The molecule has 0 aliphatic carbocycles. The van der Waals surface area contributed by atoms with Gasteiger partial charge in [-0.15, -0.1) is 33.2 Å². The zero-order chi connectivity index (χ0) is 16.0. The van der Waals surface area contributed by atoms with Crippen LogP contribution in [0.15, 0.2) is 0 Å². The van der Waals surface area contributed by atoms with E-state index in [9.17, 15) is 0 Å². The Hall–Kier alpha value is 1.16. The summed E-state index contributed by atoms with van der Waals surface area (Å²) in [6.07, 6.45) is 19.8. The third-order valence-corrected chi connectivity index (χ3v) is 6.17. The van der Waals surface area contributed by atoms with E-state index in [1.165, 1.54) is 89.9 Å². The fraction of sp³-hybridized carbons (Fsp3) is 1.00. The minimum absolute atomic E-state index is 0. The molecule has 0 bridgehead atoms. The van der Waals surface area contributed by atoms with E-state index in [0.29, 0.717) is 5.16 Å². The van der Waals surface area contributed by atoms with Crippen molar-refractivity contribution in [2.45, 2.75) is 123 Å². The van der Waals surface area contributed by atoms with E-state index in [2.05, 4.69) is 36.9 Å². The topological polar surface area (TPSA) is 0 Å². The maximum Gasteiger partial charge on any atom is -0.0122 e. The second-order valence-corrected chi connectivity index (χ2v) is 8.28. The zero-order valence-electron chi connectivity index (χ0n) is 16.0.